The number of nitrogens with one attached hydrogen (secondary N) is 1. The van der Waals surface area contributed by atoms with Gasteiger partial charge in [0.2, 0.25) is 5.95 Å². The zero-order chi connectivity index (χ0) is 29.2. The molecule has 0 saturated heterocycles. The first-order valence-electron chi connectivity index (χ1n) is 14.5. The number of hydrogen-bond donors (Lipinski definition) is 3. The molecule has 0 aliphatic rings. The summed E-state index contributed by atoms with van der Waals surface area (Å²) in [5.74, 6) is 2.17. The minimum Gasteiger partial charge on any atom is -0.480 e. The van der Waals surface area contributed by atoms with Gasteiger partial charge in [0, 0.05) is 24.8 Å². The Morgan fingerprint density at radius 1 is 1.03 bits per heavy atom. The maximum atomic E-state index is 11.7. The van der Waals surface area contributed by atoms with Gasteiger partial charge in [-0.15, -0.1) is 0 Å². The van der Waals surface area contributed by atoms with Crippen LogP contribution in [0.15, 0.2) is 23.9 Å². The molecule has 0 aliphatic heterocycles. The molecular weight excluding hydrogens is 512 g/mol. The van der Waals surface area contributed by atoms with Gasteiger partial charge in [-0.1, -0.05) is 84.3 Å². The molecule has 3 unspecified atom stereocenters. The zero-order valence-electron chi connectivity index (χ0n) is 25.0. The molecule has 222 valence electrons. The summed E-state index contributed by atoms with van der Waals surface area (Å²) in [6, 6.07) is 0.742. The number of nitrogens with zero attached hydrogens (tertiary/aromatic N) is 3. The van der Waals surface area contributed by atoms with Gasteiger partial charge < -0.3 is 20.4 Å². The second kappa shape index (κ2) is 19.7. The van der Waals surface area contributed by atoms with Gasteiger partial charge in [-0.05, 0) is 43.6 Å². The fourth-order valence-electron chi connectivity index (χ4n) is 4.44. The van der Waals surface area contributed by atoms with Crippen molar-refractivity contribution in [1.82, 2.24) is 9.97 Å². The summed E-state index contributed by atoms with van der Waals surface area (Å²) in [7, 11) is 1.61. The predicted molar refractivity (Wildman–Crippen MR) is 164 cm³/mol. The van der Waals surface area contributed by atoms with E-state index in [9.17, 15) is 14.7 Å². The smallest absolute Gasteiger partial charge is 0.327 e. The second-order valence-electron chi connectivity index (χ2n) is 11.5. The van der Waals surface area contributed by atoms with E-state index in [1.54, 1.807) is 24.9 Å². The Bertz CT molecular complexity index is 880. The van der Waals surface area contributed by atoms with Crippen molar-refractivity contribution < 1.29 is 19.8 Å². The van der Waals surface area contributed by atoms with Crippen molar-refractivity contribution in [3.63, 3.8) is 0 Å². The standard InChI is InChI=1S/C30H52N4O4S/c1-22(2)10-7-11-23(3)12-8-13-24(4)14-9-15-25(5)17-19-39-21-26(29(37)38)32-30-31-18-16-27(33-30)34(6)20-28(35)36/h16-18,22-24,26H,7-15,19-21H2,1-6H3,(H,35,36)(H,37,38)(H,31,32,33)/b25-17+. The lowest BCUT2D eigenvalue weighted by molar-refractivity contribution is -0.137. The van der Waals surface area contributed by atoms with Crippen LogP contribution in [0, 0.1) is 17.8 Å². The SMILES string of the molecule is C/C(=C\CSCC(Nc1nccc(N(C)CC(=O)O)n1)C(=O)O)CCCC(C)CCCC(C)CCCC(C)C. The van der Waals surface area contributed by atoms with Crippen molar-refractivity contribution in [2.24, 2.45) is 17.8 Å². The number of rotatable bonds is 22. The van der Waals surface area contributed by atoms with Gasteiger partial charge >= 0.3 is 11.9 Å². The molecule has 1 aromatic heterocycles. The van der Waals surface area contributed by atoms with Crippen LogP contribution >= 0.6 is 11.8 Å². The Hall–Kier alpha value is -2.29. The van der Waals surface area contributed by atoms with Crippen LogP contribution in [0.4, 0.5) is 11.8 Å². The molecule has 3 N–H and O–H groups in total. The van der Waals surface area contributed by atoms with Crippen molar-refractivity contribution >= 4 is 35.5 Å². The molecule has 1 rings (SSSR count). The normalized spacial score (nSPS) is 14.2. The number of carbonyl (C=O) groups is 2. The number of thioether (sulfide) groups is 1. The summed E-state index contributed by atoms with van der Waals surface area (Å²) >= 11 is 1.55. The highest BCUT2D eigenvalue weighted by atomic mass is 32.2. The summed E-state index contributed by atoms with van der Waals surface area (Å²) in [4.78, 5) is 32.5. The summed E-state index contributed by atoms with van der Waals surface area (Å²) < 4.78 is 0. The van der Waals surface area contributed by atoms with E-state index in [4.69, 9.17) is 5.11 Å². The molecule has 0 aliphatic carbocycles. The lowest BCUT2D eigenvalue weighted by Crippen LogP contribution is -2.33. The molecule has 9 heteroatoms. The van der Waals surface area contributed by atoms with Crippen LogP contribution in [0.5, 0.6) is 0 Å². The van der Waals surface area contributed by atoms with Crippen LogP contribution in [0.2, 0.25) is 0 Å². The van der Waals surface area contributed by atoms with Gasteiger partial charge in [-0.25, -0.2) is 9.78 Å². The maximum Gasteiger partial charge on any atom is 0.327 e. The largest absolute Gasteiger partial charge is 0.480 e. The van der Waals surface area contributed by atoms with Gasteiger partial charge in [0.05, 0.1) is 0 Å². The highest BCUT2D eigenvalue weighted by Crippen LogP contribution is 2.22. The number of carboxylic acids is 2. The molecule has 0 spiro atoms. The predicted octanol–water partition coefficient (Wildman–Crippen LogP) is 6.98. The van der Waals surface area contributed by atoms with Crippen LogP contribution in [-0.2, 0) is 9.59 Å². The van der Waals surface area contributed by atoms with Gasteiger partial charge in [-0.3, -0.25) is 4.79 Å². The van der Waals surface area contributed by atoms with Gasteiger partial charge in [0.1, 0.15) is 18.4 Å². The monoisotopic (exact) mass is 564 g/mol. The number of likely N-dealkylation sites (N-methyl/N-ethyl adjacent to an activating group) is 1. The van der Waals surface area contributed by atoms with E-state index in [0.29, 0.717) is 11.6 Å². The summed E-state index contributed by atoms with van der Waals surface area (Å²) in [5, 5.41) is 21.4. The molecular formula is C30H52N4O4S. The number of aromatic nitrogens is 2. The molecule has 39 heavy (non-hydrogen) atoms. The van der Waals surface area contributed by atoms with Crippen LogP contribution in [0.25, 0.3) is 0 Å². The molecule has 8 nitrogen and oxygen atoms in total. The molecule has 0 saturated carbocycles. The van der Waals surface area contributed by atoms with Crippen LogP contribution in [0.3, 0.4) is 0 Å². The van der Waals surface area contributed by atoms with E-state index in [0.717, 1.165) is 29.9 Å². The fraction of sp³-hybridized carbons (Fsp3) is 0.733. The molecule has 0 bridgehead atoms. The van der Waals surface area contributed by atoms with Crippen molar-refractivity contribution in [3.8, 4) is 0 Å². The second-order valence-corrected chi connectivity index (χ2v) is 12.5. The van der Waals surface area contributed by atoms with E-state index in [2.05, 4.69) is 56.0 Å². The number of aliphatic carboxylic acids is 2. The number of carboxylic acid groups (broad SMARTS) is 2. The molecule has 3 atom stereocenters. The lowest BCUT2D eigenvalue weighted by Gasteiger charge is -2.18. The topological polar surface area (TPSA) is 116 Å². The van der Waals surface area contributed by atoms with Crippen molar-refractivity contribution in [3.05, 3.63) is 23.9 Å². The molecule has 0 aromatic carbocycles. The quantitative estimate of drug-likeness (QED) is 0.101. The minimum atomic E-state index is -0.977. The zero-order valence-corrected chi connectivity index (χ0v) is 25.8. The maximum absolute atomic E-state index is 11.7. The van der Waals surface area contributed by atoms with E-state index in [1.807, 2.05) is 0 Å². The molecule has 0 radical (unpaired) electrons. The van der Waals surface area contributed by atoms with Crippen LogP contribution < -0.4 is 10.2 Å². The summed E-state index contributed by atoms with van der Waals surface area (Å²) in [6.45, 7) is 11.3. The van der Waals surface area contributed by atoms with E-state index >= 15 is 0 Å². The third-order valence-corrected chi connectivity index (χ3v) is 7.95. The summed E-state index contributed by atoms with van der Waals surface area (Å²) in [5.41, 5.74) is 1.35. The Morgan fingerprint density at radius 3 is 2.23 bits per heavy atom. The van der Waals surface area contributed by atoms with Crippen LogP contribution in [0.1, 0.15) is 92.4 Å². The average molecular weight is 565 g/mol. The first-order valence-corrected chi connectivity index (χ1v) is 15.6. The van der Waals surface area contributed by atoms with E-state index < -0.39 is 18.0 Å². The van der Waals surface area contributed by atoms with E-state index in [-0.39, 0.29) is 12.5 Å². The lowest BCUT2D eigenvalue weighted by atomic mass is 9.91. The fourth-order valence-corrected chi connectivity index (χ4v) is 5.44. The van der Waals surface area contributed by atoms with Gasteiger partial charge in [0.25, 0.3) is 0 Å². The Labute approximate surface area is 240 Å². The molecule has 0 fully saturated rings. The first-order chi connectivity index (χ1) is 18.5. The average Bonchev–Trinajstić information content (AvgIpc) is 2.85. The molecule has 0 amide bonds. The minimum absolute atomic E-state index is 0.166. The third-order valence-electron chi connectivity index (χ3n) is 6.98. The molecule has 1 aromatic rings. The summed E-state index contributed by atoms with van der Waals surface area (Å²) in [6.07, 6.45) is 15.3. The Kier molecular flexibility index (Phi) is 17.6. The number of anilines is 2. The van der Waals surface area contributed by atoms with Crippen LogP contribution in [-0.4, -0.2) is 63.3 Å². The van der Waals surface area contributed by atoms with Gasteiger partial charge in [0.15, 0.2) is 0 Å². The highest BCUT2D eigenvalue weighted by molar-refractivity contribution is 7.99. The Balaban J connectivity index is 2.31. The number of allylic oxidation sites excluding steroid dienone is 1. The van der Waals surface area contributed by atoms with Crippen molar-refractivity contribution in [2.75, 3.05) is 35.3 Å². The van der Waals surface area contributed by atoms with E-state index in [1.165, 1.54) is 68.0 Å². The van der Waals surface area contributed by atoms with Gasteiger partial charge in [-0.2, -0.15) is 16.7 Å². The Morgan fingerprint density at radius 2 is 1.64 bits per heavy atom. The number of hydrogen-bond acceptors (Lipinski definition) is 7. The highest BCUT2D eigenvalue weighted by Gasteiger charge is 2.19. The molecule has 1 heterocycles. The van der Waals surface area contributed by atoms with Crippen molar-refractivity contribution in [1.29, 1.82) is 0 Å². The third kappa shape index (κ3) is 17.1. The first kappa shape index (κ1) is 34.7. The van der Waals surface area contributed by atoms with Crippen molar-refractivity contribution in [2.45, 2.75) is 98.4 Å².